The van der Waals surface area contributed by atoms with Crippen molar-refractivity contribution in [1.82, 2.24) is 0 Å². The molecule has 1 unspecified atom stereocenters. The largest absolute Gasteiger partial charge is 0.427 e. The van der Waals surface area contributed by atoms with Crippen LogP contribution >= 0.6 is 0 Å². The number of anilines is 2. The number of carbonyl (C=O) groups excluding carboxylic acids is 2. The van der Waals surface area contributed by atoms with Crippen molar-refractivity contribution in [2.24, 2.45) is 0 Å². The molecular weight excluding hydrogens is 338 g/mol. The van der Waals surface area contributed by atoms with Gasteiger partial charge in [0.25, 0.3) is 5.69 Å². The Balaban J connectivity index is 2.50. The molecule has 2 aromatic rings. The number of nitro groups is 1. The van der Waals surface area contributed by atoms with Gasteiger partial charge in [-0.25, -0.2) is 0 Å². The van der Waals surface area contributed by atoms with Gasteiger partial charge in [0.05, 0.1) is 10.8 Å². The third-order valence-electron chi connectivity index (χ3n) is 3.76. The van der Waals surface area contributed by atoms with Crippen LogP contribution in [0, 0.1) is 10.1 Å². The monoisotopic (exact) mass is 355 g/mol. The molecule has 0 radical (unpaired) electrons. The lowest BCUT2D eigenvalue weighted by molar-refractivity contribution is -0.384. The van der Waals surface area contributed by atoms with Gasteiger partial charge in [0.1, 0.15) is 12.0 Å². The van der Waals surface area contributed by atoms with Crippen molar-refractivity contribution in [1.29, 1.82) is 0 Å². The number of aldehydes is 1. The number of hydrogen-bond acceptors (Lipinski definition) is 7. The molecule has 0 amide bonds. The van der Waals surface area contributed by atoms with Gasteiger partial charge in [0.2, 0.25) is 0 Å². The van der Waals surface area contributed by atoms with Crippen LogP contribution in [0.15, 0.2) is 43.0 Å². The van der Waals surface area contributed by atoms with E-state index in [2.05, 4.69) is 6.58 Å². The molecule has 26 heavy (non-hydrogen) atoms. The van der Waals surface area contributed by atoms with Crippen molar-refractivity contribution in [2.75, 3.05) is 11.5 Å². The number of esters is 1. The van der Waals surface area contributed by atoms with E-state index in [4.69, 9.17) is 16.2 Å². The molecule has 0 heterocycles. The second-order valence-corrected chi connectivity index (χ2v) is 5.55. The van der Waals surface area contributed by atoms with E-state index in [0.29, 0.717) is 17.5 Å². The summed E-state index contributed by atoms with van der Waals surface area (Å²) in [6.45, 7) is 5.14. The maximum absolute atomic E-state index is 11.7. The third kappa shape index (κ3) is 3.86. The van der Waals surface area contributed by atoms with E-state index in [-0.39, 0.29) is 28.3 Å². The minimum Gasteiger partial charge on any atom is -0.427 e. The fraction of sp³-hybridized carbons (Fsp3) is 0.111. The van der Waals surface area contributed by atoms with E-state index >= 15 is 0 Å². The average molecular weight is 355 g/mol. The molecule has 4 N–H and O–H groups in total. The molecular formula is C18H17N3O5. The van der Waals surface area contributed by atoms with Crippen LogP contribution < -0.4 is 16.2 Å². The summed E-state index contributed by atoms with van der Waals surface area (Å²) in [6, 6.07) is 8.33. The Bertz CT molecular complexity index is 908. The Hall–Kier alpha value is -3.68. The predicted molar refractivity (Wildman–Crippen MR) is 97.5 cm³/mol. The molecule has 2 aromatic carbocycles. The Morgan fingerprint density at radius 3 is 2.46 bits per heavy atom. The van der Waals surface area contributed by atoms with Crippen molar-refractivity contribution in [3.05, 3.63) is 64.2 Å². The Morgan fingerprint density at radius 2 is 1.88 bits per heavy atom. The topological polar surface area (TPSA) is 139 Å². The van der Waals surface area contributed by atoms with Crippen LogP contribution in [0.25, 0.3) is 5.57 Å². The SMILES string of the molecule is C=C(c1cc(OC(C)=O)ccc1N)C(C=O)c1cc([N+](=O)[O-])ccc1N. The van der Waals surface area contributed by atoms with E-state index in [1.807, 2.05) is 0 Å². The smallest absolute Gasteiger partial charge is 0.308 e. The van der Waals surface area contributed by atoms with Crippen LogP contribution in [-0.4, -0.2) is 17.2 Å². The zero-order valence-electron chi connectivity index (χ0n) is 14.0. The highest BCUT2D eigenvalue weighted by atomic mass is 16.6. The van der Waals surface area contributed by atoms with Gasteiger partial charge in [-0.15, -0.1) is 0 Å². The van der Waals surface area contributed by atoms with Crippen LogP contribution in [0.5, 0.6) is 5.75 Å². The summed E-state index contributed by atoms with van der Waals surface area (Å²) in [5.74, 6) is -1.23. The summed E-state index contributed by atoms with van der Waals surface area (Å²) >= 11 is 0. The fourth-order valence-corrected chi connectivity index (χ4v) is 2.50. The van der Waals surface area contributed by atoms with Gasteiger partial charge in [-0.05, 0) is 35.4 Å². The first kappa shape index (κ1) is 18.7. The van der Waals surface area contributed by atoms with Gasteiger partial charge in [-0.2, -0.15) is 0 Å². The minimum atomic E-state index is -0.954. The molecule has 8 heteroatoms. The number of non-ortho nitro benzene ring substituents is 1. The van der Waals surface area contributed by atoms with E-state index in [9.17, 15) is 19.7 Å². The number of nitro benzene ring substituents is 1. The van der Waals surface area contributed by atoms with Crippen LogP contribution in [0.1, 0.15) is 24.0 Å². The van der Waals surface area contributed by atoms with Crippen LogP contribution in [0.2, 0.25) is 0 Å². The normalized spacial score (nSPS) is 11.4. The highest BCUT2D eigenvalue weighted by Crippen LogP contribution is 2.37. The van der Waals surface area contributed by atoms with Crippen molar-refractivity contribution in [3.63, 3.8) is 0 Å². The maximum Gasteiger partial charge on any atom is 0.308 e. The van der Waals surface area contributed by atoms with Gasteiger partial charge < -0.3 is 21.0 Å². The molecule has 134 valence electrons. The summed E-state index contributed by atoms with van der Waals surface area (Å²) in [7, 11) is 0. The molecule has 0 spiro atoms. The Labute approximate surface area is 149 Å². The molecule has 0 bridgehead atoms. The summed E-state index contributed by atoms with van der Waals surface area (Å²) in [5.41, 5.74) is 13.1. The molecule has 1 atom stereocenters. The molecule has 0 aliphatic carbocycles. The highest BCUT2D eigenvalue weighted by molar-refractivity contribution is 5.91. The second kappa shape index (κ2) is 7.47. The molecule has 8 nitrogen and oxygen atoms in total. The van der Waals surface area contributed by atoms with E-state index in [0.717, 1.165) is 0 Å². The van der Waals surface area contributed by atoms with Crippen molar-refractivity contribution in [2.45, 2.75) is 12.8 Å². The van der Waals surface area contributed by atoms with Gasteiger partial charge in [-0.1, -0.05) is 6.58 Å². The summed E-state index contributed by atoms with van der Waals surface area (Å²) in [5, 5.41) is 11.0. The highest BCUT2D eigenvalue weighted by Gasteiger charge is 2.23. The number of carbonyl (C=O) groups is 2. The molecule has 0 saturated carbocycles. The summed E-state index contributed by atoms with van der Waals surface area (Å²) in [6.07, 6.45) is 0.579. The van der Waals surface area contributed by atoms with Gasteiger partial charge in [0.15, 0.2) is 0 Å². The Morgan fingerprint density at radius 1 is 1.23 bits per heavy atom. The number of hydrogen-bond donors (Lipinski definition) is 2. The number of benzene rings is 2. The van der Waals surface area contributed by atoms with Crippen molar-refractivity contribution < 1.29 is 19.2 Å². The average Bonchev–Trinajstić information content (AvgIpc) is 2.58. The molecule has 0 saturated heterocycles. The van der Waals surface area contributed by atoms with Crippen LogP contribution in [0.3, 0.4) is 0 Å². The lowest BCUT2D eigenvalue weighted by atomic mass is 9.87. The third-order valence-corrected chi connectivity index (χ3v) is 3.76. The maximum atomic E-state index is 11.7. The Kier molecular flexibility index (Phi) is 5.36. The molecule has 2 rings (SSSR count). The fourth-order valence-electron chi connectivity index (χ4n) is 2.50. The van der Waals surface area contributed by atoms with Crippen molar-refractivity contribution >= 4 is 34.9 Å². The number of nitrogens with zero attached hydrogens (tertiary/aromatic N) is 1. The first-order valence-electron chi connectivity index (χ1n) is 7.50. The van der Waals surface area contributed by atoms with E-state index in [1.165, 1.54) is 43.3 Å². The zero-order valence-corrected chi connectivity index (χ0v) is 14.0. The zero-order chi connectivity index (χ0) is 19.4. The lowest BCUT2D eigenvalue weighted by Gasteiger charge is -2.18. The van der Waals surface area contributed by atoms with Crippen LogP contribution in [0.4, 0.5) is 17.1 Å². The quantitative estimate of drug-likeness (QED) is 0.203. The van der Waals surface area contributed by atoms with Crippen LogP contribution in [-0.2, 0) is 9.59 Å². The summed E-state index contributed by atoms with van der Waals surface area (Å²) in [4.78, 5) is 33.3. The number of ether oxygens (including phenoxy) is 1. The molecule has 0 aliphatic rings. The van der Waals surface area contributed by atoms with Crippen molar-refractivity contribution in [3.8, 4) is 5.75 Å². The van der Waals surface area contributed by atoms with Gasteiger partial charge in [-0.3, -0.25) is 14.9 Å². The van der Waals surface area contributed by atoms with E-state index in [1.54, 1.807) is 0 Å². The standard InChI is InChI=1S/C18H17N3O5/c1-10(14-8-13(26-11(2)23)4-6-17(14)19)16(9-22)15-7-12(21(24)25)3-5-18(15)20/h3-9,16H,1,19-20H2,2H3. The number of nitrogens with two attached hydrogens (primary N) is 2. The molecule has 0 aromatic heterocycles. The molecule has 0 fully saturated rings. The first-order chi connectivity index (χ1) is 12.2. The number of allylic oxidation sites excluding steroid dienone is 1. The number of rotatable bonds is 6. The second-order valence-electron chi connectivity index (χ2n) is 5.55. The van der Waals surface area contributed by atoms with E-state index < -0.39 is 16.8 Å². The summed E-state index contributed by atoms with van der Waals surface area (Å²) < 4.78 is 5.02. The lowest BCUT2D eigenvalue weighted by Crippen LogP contribution is -2.09. The molecule has 0 aliphatic heterocycles. The van der Waals surface area contributed by atoms with Gasteiger partial charge >= 0.3 is 5.97 Å². The minimum absolute atomic E-state index is 0.199. The predicted octanol–water partition coefficient (Wildman–Crippen LogP) is 2.68. The number of nitrogen functional groups attached to an aromatic ring is 2. The first-order valence-corrected chi connectivity index (χ1v) is 7.50. The van der Waals surface area contributed by atoms with Gasteiger partial charge in [0, 0.05) is 36.0 Å².